The summed E-state index contributed by atoms with van der Waals surface area (Å²) in [4.78, 5) is 15.1. The minimum atomic E-state index is -0.252. The summed E-state index contributed by atoms with van der Waals surface area (Å²) in [6, 6.07) is 16.1. The Labute approximate surface area is 193 Å². The molecule has 3 aliphatic rings. The van der Waals surface area contributed by atoms with E-state index in [9.17, 15) is 9.18 Å². The summed E-state index contributed by atoms with van der Waals surface area (Å²) in [5, 5.41) is 1.98. The average molecular weight is 446 g/mol. The molecule has 0 aromatic heterocycles. The van der Waals surface area contributed by atoms with Crippen LogP contribution in [0.4, 0.5) is 10.1 Å². The van der Waals surface area contributed by atoms with E-state index in [2.05, 4.69) is 18.4 Å². The number of fused-ring (bicyclic) bond motifs is 1. The summed E-state index contributed by atoms with van der Waals surface area (Å²) >= 11 is 0. The van der Waals surface area contributed by atoms with E-state index in [1.165, 1.54) is 23.3 Å². The summed E-state index contributed by atoms with van der Waals surface area (Å²) in [7, 11) is 1.86. The molecule has 0 saturated carbocycles. The minimum Gasteiger partial charge on any atom is -0.492 e. The van der Waals surface area contributed by atoms with Crippen LogP contribution in [0.15, 0.2) is 89.3 Å². The number of allylic oxidation sites excluding steroid dienone is 3. The lowest BCUT2D eigenvalue weighted by molar-refractivity contribution is -0.133. The highest BCUT2D eigenvalue weighted by atomic mass is 19.1. The molecule has 6 heteroatoms. The van der Waals surface area contributed by atoms with Crippen LogP contribution >= 0.6 is 0 Å². The lowest BCUT2D eigenvalue weighted by Gasteiger charge is -2.31. The number of halogens is 1. The van der Waals surface area contributed by atoms with Crippen molar-refractivity contribution in [3.8, 4) is 5.75 Å². The number of hydrogen-bond donors (Lipinski definition) is 1. The van der Waals surface area contributed by atoms with Crippen LogP contribution in [0.3, 0.4) is 0 Å². The highest BCUT2D eigenvalue weighted by Crippen LogP contribution is 2.48. The van der Waals surface area contributed by atoms with Crippen LogP contribution in [0, 0.1) is 17.7 Å². The molecule has 1 heterocycles. The van der Waals surface area contributed by atoms with E-state index in [1.54, 1.807) is 17.0 Å². The molecule has 2 aromatic rings. The number of ether oxygens (including phenoxy) is 1. The zero-order valence-corrected chi connectivity index (χ0v) is 18.9. The van der Waals surface area contributed by atoms with Crippen LogP contribution in [0.25, 0.3) is 0 Å². The summed E-state index contributed by atoms with van der Waals surface area (Å²) < 4.78 is 19.1. The largest absolute Gasteiger partial charge is 0.492 e. The second-order valence-corrected chi connectivity index (χ2v) is 8.79. The van der Waals surface area contributed by atoms with Gasteiger partial charge >= 0.3 is 0 Å². The van der Waals surface area contributed by atoms with Crippen molar-refractivity contribution in [2.75, 3.05) is 25.2 Å². The zero-order valence-electron chi connectivity index (χ0n) is 18.9. The second-order valence-electron chi connectivity index (χ2n) is 8.79. The minimum absolute atomic E-state index is 0.102. The molecule has 0 fully saturated rings. The van der Waals surface area contributed by atoms with Crippen molar-refractivity contribution in [1.82, 2.24) is 10.3 Å². The highest BCUT2D eigenvalue weighted by molar-refractivity contribution is 5.84. The van der Waals surface area contributed by atoms with Gasteiger partial charge in [-0.1, -0.05) is 25.1 Å². The predicted molar refractivity (Wildman–Crippen MR) is 127 cm³/mol. The van der Waals surface area contributed by atoms with Crippen molar-refractivity contribution in [1.29, 1.82) is 0 Å². The Balaban J connectivity index is 1.30. The maximum atomic E-state index is 13.4. The Morgan fingerprint density at radius 2 is 1.94 bits per heavy atom. The molecule has 0 radical (unpaired) electrons. The number of anilines is 1. The summed E-state index contributed by atoms with van der Waals surface area (Å²) in [6.07, 6.45) is 5.91. The third-order valence-corrected chi connectivity index (χ3v) is 6.78. The number of benzene rings is 2. The van der Waals surface area contributed by atoms with Gasteiger partial charge in [-0.3, -0.25) is 9.80 Å². The zero-order chi connectivity index (χ0) is 22.9. The number of nitrogens with zero attached hydrogens (tertiary/aromatic N) is 2. The fourth-order valence-corrected chi connectivity index (χ4v) is 5.05. The van der Waals surface area contributed by atoms with E-state index in [4.69, 9.17) is 4.74 Å². The maximum Gasteiger partial charge on any atom is 0.229 e. The Morgan fingerprint density at radius 1 is 1.18 bits per heavy atom. The van der Waals surface area contributed by atoms with Gasteiger partial charge in [-0.2, -0.15) is 0 Å². The molecule has 2 aromatic carbocycles. The van der Waals surface area contributed by atoms with Gasteiger partial charge in [0.15, 0.2) is 0 Å². The van der Waals surface area contributed by atoms with Crippen molar-refractivity contribution in [3.63, 3.8) is 0 Å². The van der Waals surface area contributed by atoms with Gasteiger partial charge < -0.3 is 15.1 Å². The maximum absolute atomic E-state index is 13.4. The number of nitrogens with one attached hydrogen (secondary N) is 1. The standard InChI is InChI=1S/C27H28FN3O2/c1-18-24-17-29-31(21-11-9-20(28)10-12-21)25(24)16-19-8-13-23(26(18)19)27(32)30(2)14-15-33-22-6-4-3-5-7-22/h3-7,9-12,16-18,23,29H,8,13-15H2,1-2H3/t18-,23-/m0/s1. The van der Waals surface area contributed by atoms with Crippen LogP contribution in [-0.2, 0) is 4.79 Å². The van der Waals surface area contributed by atoms with Gasteiger partial charge in [-0.15, -0.1) is 0 Å². The third kappa shape index (κ3) is 4.01. The summed E-state index contributed by atoms with van der Waals surface area (Å²) in [5.74, 6) is 0.757. The fraction of sp³-hybridized carbons (Fsp3) is 0.296. The molecule has 0 saturated heterocycles. The first kappa shape index (κ1) is 21.3. The molecule has 0 unspecified atom stereocenters. The Morgan fingerprint density at radius 3 is 2.70 bits per heavy atom. The highest BCUT2D eigenvalue weighted by Gasteiger charge is 2.41. The summed E-state index contributed by atoms with van der Waals surface area (Å²) in [5.41, 5.74) is 8.90. The molecule has 2 aliphatic carbocycles. The van der Waals surface area contributed by atoms with Gasteiger partial charge in [0, 0.05) is 24.7 Å². The molecule has 1 aliphatic heterocycles. The van der Waals surface area contributed by atoms with Crippen LogP contribution in [0.1, 0.15) is 19.8 Å². The molecule has 0 bridgehead atoms. The molecule has 170 valence electrons. The molecule has 1 N–H and O–H groups in total. The molecule has 5 rings (SSSR count). The van der Waals surface area contributed by atoms with Crippen molar-refractivity contribution in [3.05, 3.63) is 95.1 Å². The van der Waals surface area contributed by atoms with Crippen molar-refractivity contribution in [2.24, 2.45) is 11.8 Å². The van der Waals surface area contributed by atoms with Crippen LogP contribution < -0.4 is 15.2 Å². The first-order valence-electron chi connectivity index (χ1n) is 11.4. The predicted octanol–water partition coefficient (Wildman–Crippen LogP) is 4.81. The van der Waals surface area contributed by atoms with Crippen LogP contribution in [-0.4, -0.2) is 31.0 Å². The molecular formula is C27H28FN3O2. The van der Waals surface area contributed by atoms with E-state index in [1.807, 2.05) is 48.6 Å². The first-order chi connectivity index (χ1) is 16.0. The van der Waals surface area contributed by atoms with E-state index in [-0.39, 0.29) is 23.6 Å². The first-order valence-corrected chi connectivity index (χ1v) is 11.4. The second kappa shape index (κ2) is 8.77. The molecular weight excluding hydrogens is 417 g/mol. The van der Waals surface area contributed by atoms with Gasteiger partial charge in [0.1, 0.15) is 18.2 Å². The monoisotopic (exact) mass is 445 g/mol. The number of hydrogen-bond acceptors (Lipinski definition) is 4. The van der Waals surface area contributed by atoms with Gasteiger partial charge in [0.2, 0.25) is 5.91 Å². The van der Waals surface area contributed by atoms with Crippen LogP contribution in [0.5, 0.6) is 5.75 Å². The van der Waals surface area contributed by atoms with Gasteiger partial charge in [0.25, 0.3) is 0 Å². The van der Waals surface area contributed by atoms with Gasteiger partial charge in [-0.05, 0) is 66.5 Å². The topological polar surface area (TPSA) is 44.8 Å². The lowest BCUT2D eigenvalue weighted by Crippen LogP contribution is -2.37. The van der Waals surface area contributed by atoms with Crippen molar-refractivity contribution < 1.29 is 13.9 Å². The molecule has 33 heavy (non-hydrogen) atoms. The number of rotatable bonds is 6. The molecule has 5 nitrogen and oxygen atoms in total. The number of amides is 1. The Hall–Kier alpha value is -3.54. The van der Waals surface area contributed by atoms with Gasteiger partial charge in [0.05, 0.1) is 23.8 Å². The van der Waals surface area contributed by atoms with Crippen LogP contribution in [0.2, 0.25) is 0 Å². The Bertz CT molecular complexity index is 1140. The third-order valence-electron chi connectivity index (χ3n) is 6.78. The fourth-order valence-electron chi connectivity index (χ4n) is 5.05. The van der Waals surface area contributed by atoms with E-state index in [0.717, 1.165) is 35.5 Å². The molecule has 0 spiro atoms. The van der Waals surface area contributed by atoms with Gasteiger partial charge in [-0.25, -0.2) is 4.39 Å². The summed E-state index contributed by atoms with van der Waals surface area (Å²) in [6.45, 7) is 3.19. The molecule has 1 amide bonds. The van der Waals surface area contributed by atoms with Crippen molar-refractivity contribution >= 4 is 11.6 Å². The van der Waals surface area contributed by atoms with E-state index in [0.29, 0.717) is 13.2 Å². The number of likely N-dealkylation sites (N-methyl/N-ethyl adjacent to an activating group) is 1. The number of carbonyl (C=O) groups is 1. The SMILES string of the molecule is C[C@H]1C2=CNN(c3ccc(F)cc3)C2=CC2=C1[C@@H](C(=O)N(C)CCOc1ccccc1)CC2. The quantitative estimate of drug-likeness (QED) is 0.693. The van der Waals surface area contributed by atoms with E-state index >= 15 is 0 Å². The number of hydrazine groups is 1. The average Bonchev–Trinajstić information content (AvgIpc) is 3.45. The molecule has 2 atom stereocenters. The normalized spacial score (nSPS) is 21.1. The van der Waals surface area contributed by atoms with Crippen molar-refractivity contribution in [2.45, 2.75) is 19.8 Å². The van der Waals surface area contributed by atoms with E-state index < -0.39 is 0 Å². The number of para-hydroxylation sites is 1. The smallest absolute Gasteiger partial charge is 0.229 e. The number of carbonyl (C=O) groups excluding carboxylic acids is 1. The lowest BCUT2D eigenvalue weighted by atomic mass is 9.80. The Kier molecular flexibility index (Phi) is 5.67.